The van der Waals surface area contributed by atoms with Gasteiger partial charge in [0, 0.05) is 22.4 Å². The predicted molar refractivity (Wildman–Crippen MR) is 84.0 cm³/mol. The smallest absolute Gasteiger partial charge is 0.270 e. The maximum atomic E-state index is 12.1. The Morgan fingerprint density at radius 1 is 1.24 bits per heavy atom. The molecule has 0 unspecified atom stereocenters. The van der Waals surface area contributed by atoms with Crippen LogP contribution in [0.2, 0.25) is 5.02 Å². The van der Waals surface area contributed by atoms with Crippen molar-refractivity contribution in [2.75, 3.05) is 5.32 Å². The van der Waals surface area contributed by atoms with E-state index in [1.807, 2.05) is 32.9 Å². The molecule has 5 nitrogen and oxygen atoms in total. The number of nitrogens with one attached hydrogen (secondary N) is 2. The molecule has 1 aromatic carbocycles. The van der Waals surface area contributed by atoms with Crippen LogP contribution < -0.4 is 10.6 Å². The van der Waals surface area contributed by atoms with Gasteiger partial charge in [-0.25, -0.2) is 9.97 Å². The van der Waals surface area contributed by atoms with E-state index in [4.69, 9.17) is 11.6 Å². The number of halogens is 1. The third-order valence-electron chi connectivity index (χ3n) is 2.46. The number of rotatable bonds is 3. The van der Waals surface area contributed by atoms with E-state index in [2.05, 4.69) is 20.6 Å². The zero-order valence-corrected chi connectivity index (χ0v) is 12.9. The summed E-state index contributed by atoms with van der Waals surface area (Å²) in [6.07, 6.45) is 1.54. The third-order valence-corrected chi connectivity index (χ3v) is 2.69. The summed E-state index contributed by atoms with van der Waals surface area (Å²) in [4.78, 5) is 20.4. The second-order valence-corrected chi connectivity index (χ2v) is 6.04. The maximum absolute atomic E-state index is 12.1. The van der Waals surface area contributed by atoms with Crippen LogP contribution >= 0.6 is 11.6 Å². The molecule has 0 radical (unpaired) electrons. The van der Waals surface area contributed by atoms with Gasteiger partial charge in [-0.05, 0) is 45.0 Å². The Morgan fingerprint density at radius 2 is 2.00 bits per heavy atom. The summed E-state index contributed by atoms with van der Waals surface area (Å²) in [5, 5.41) is 6.49. The number of hydrogen-bond donors (Lipinski definition) is 2. The fourth-order valence-electron chi connectivity index (χ4n) is 1.65. The molecule has 2 rings (SSSR count). The van der Waals surface area contributed by atoms with Crippen LogP contribution in [-0.4, -0.2) is 21.4 Å². The Hall–Kier alpha value is -2.14. The molecule has 1 amide bonds. The Bertz CT molecular complexity index is 652. The lowest BCUT2D eigenvalue weighted by atomic mass is 10.1. The molecule has 110 valence electrons. The van der Waals surface area contributed by atoms with Crippen LogP contribution in [0, 0.1) is 0 Å². The van der Waals surface area contributed by atoms with Gasteiger partial charge in [0.2, 0.25) is 5.95 Å². The molecule has 1 heterocycles. The monoisotopic (exact) mass is 304 g/mol. The molecule has 1 aromatic heterocycles. The van der Waals surface area contributed by atoms with E-state index in [1.54, 1.807) is 18.2 Å². The molecule has 0 aliphatic carbocycles. The van der Waals surface area contributed by atoms with Crippen LogP contribution in [0.3, 0.4) is 0 Å². The first kappa shape index (κ1) is 15.3. The molecule has 0 aliphatic heterocycles. The zero-order chi connectivity index (χ0) is 15.5. The van der Waals surface area contributed by atoms with Gasteiger partial charge in [0.15, 0.2) is 0 Å². The molecule has 0 saturated carbocycles. The number of anilines is 2. The number of benzene rings is 1. The van der Waals surface area contributed by atoms with Gasteiger partial charge < -0.3 is 10.6 Å². The van der Waals surface area contributed by atoms with E-state index < -0.39 is 0 Å². The number of carbonyl (C=O) groups excluding carboxylic acids is 1. The molecule has 0 atom stereocenters. The molecule has 21 heavy (non-hydrogen) atoms. The Balaban J connectivity index is 2.16. The number of carbonyl (C=O) groups is 1. The van der Waals surface area contributed by atoms with Crippen molar-refractivity contribution in [2.24, 2.45) is 0 Å². The quantitative estimate of drug-likeness (QED) is 0.912. The average molecular weight is 305 g/mol. The number of aromatic nitrogens is 2. The van der Waals surface area contributed by atoms with Crippen LogP contribution in [0.15, 0.2) is 36.5 Å². The number of hydrogen-bond acceptors (Lipinski definition) is 4. The van der Waals surface area contributed by atoms with Crippen molar-refractivity contribution >= 4 is 29.1 Å². The van der Waals surface area contributed by atoms with Crippen molar-refractivity contribution in [3.63, 3.8) is 0 Å². The van der Waals surface area contributed by atoms with Crippen LogP contribution in [0.1, 0.15) is 31.3 Å². The topological polar surface area (TPSA) is 66.9 Å². The summed E-state index contributed by atoms with van der Waals surface area (Å²) in [7, 11) is 0. The number of nitrogens with zero attached hydrogens (tertiary/aromatic N) is 2. The molecule has 0 spiro atoms. The van der Waals surface area contributed by atoms with Crippen molar-refractivity contribution < 1.29 is 4.79 Å². The molecular weight excluding hydrogens is 288 g/mol. The van der Waals surface area contributed by atoms with Gasteiger partial charge in [0.1, 0.15) is 5.69 Å². The van der Waals surface area contributed by atoms with Gasteiger partial charge in [-0.1, -0.05) is 17.7 Å². The summed E-state index contributed by atoms with van der Waals surface area (Å²) in [5.74, 6) is 0.109. The second-order valence-electron chi connectivity index (χ2n) is 5.60. The van der Waals surface area contributed by atoms with Crippen molar-refractivity contribution in [2.45, 2.75) is 26.3 Å². The largest absolute Gasteiger partial charge is 0.346 e. The minimum absolute atomic E-state index is 0.237. The van der Waals surface area contributed by atoms with Crippen molar-refractivity contribution in [3.05, 3.63) is 47.2 Å². The summed E-state index contributed by atoms with van der Waals surface area (Å²) in [6.45, 7) is 5.74. The van der Waals surface area contributed by atoms with Crippen molar-refractivity contribution in [1.82, 2.24) is 15.3 Å². The average Bonchev–Trinajstić information content (AvgIpc) is 2.37. The lowest BCUT2D eigenvalue weighted by molar-refractivity contribution is 0.0914. The highest BCUT2D eigenvalue weighted by Gasteiger charge is 2.16. The first-order valence-corrected chi connectivity index (χ1v) is 6.89. The molecule has 0 bridgehead atoms. The predicted octanol–water partition coefficient (Wildman–Crippen LogP) is 3.40. The van der Waals surface area contributed by atoms with E-state index in [-0.39, 0.29) is 11.4 Å². The molecule has 0 saturated heterocycles. The van der Waals surface area contributed by atoms with Gasteiger partial charge in [0.25, 0.3) is 5.91 Å². The standard InChI is InChI=1S/C15H17ClN4O/c1-15(2,3)20-13(21)12-7-8-17-14(19-12)18-11-6-4-5-10(16)9-11/h4-9H,1-3H3,(H,20,21)(H,17,18,19). The molecule has 0 aliphatic rings. The molecular formula is C15H17ClN4O. The lowest BCUT2D eigenvalue weighted by Gasteiger charge is -2.20. The molecule has 2 N–H and O–H groups in total. The van der Waals surface area contributed by atoms with Crippen LogP contribution in [0.25, 0.3) is 0 Å². The molecule has 2 aromatic rings. The fraction of sp³-hybridized carbons (Fsp3) is 0.267. The molecule has 6 heteroatoms. The summed E-state index contributed by atoms with van der Waals surface area (Å²) in [5.41, 5.74) is 0.753. The first-order valence-electron chi connectivity index (χ1n) is 6.52. The Labute approximate surface area is 128 Å². The normalized spacial score (nSPS) is 11.0. The lowest BCUT2D eigenvalue weighted by Crippen LogP contribution is -2.41. The highest BCUT2D eigenvalue weighted by Crippen LogP contribution is 2.17. The van der Waals surface area contributed by atoms with Gasteiger partial charge in [-0.2, -0.15) is 0 Å². The fourth-order valence-corrected chi connectivity index (χ4v) is 1.84. The zero-order valence-electron chi connectivity index (χ0n) is 12.1. The van der Waals surface area contributed by atoms with E-state index in [0.29, 0.717) is 16.7 Å². The van der Waals surface area contributed by atoms with Gasteiger partial charge in [-0.3, -0.25) is 4.79 Å². The number of amides is 1. The minimum Gasteiger partial charge on any atom is -0.346 e. The first-order chi connectivity index (χ1) is 9.83. The minimum atomic E-state index is -0.317. The van der Waals surface area contributed by atoms with Crippen LogP contribution in [0.5, 0.6) is 0 Å². The van der Waals surface area contributed by atoms with Crippen LogP contribution in [0.4, 0.5) is 11.6 Å². The molecule has 0 fully saturated rings. The Kier molecular flexibility index (Phi) is 4.43. The van der Waals surface area contributed by atoms with Gasteiger partial charge in [-0.15, -0.1) is 0 Å². The van der Waals surface area contributed by atoms with E-state index in [9.17, 15) is 4.79 Å². The Morgan fingerprint density at radius 3 is 2.67 bits per heavy atom. The van der Waals surface area contributed by atoms with E-state index in [1.165, 1.54) is 6.20 Å². The highest BCUT2D eigenvalue weighted by atomic mass is 35.5. The SMILES string of the molecule is CC(C)(C)NC(=O)c1ccnc(Nc2cccc(Cl)c2)n1. The summed E-state index contributed by atoms with van der Waals surface area (Å²) in [6, 6.07) is 8.77. The highest BCUT2D eigenvalue weighted by molar-refractivity contribution is 6.30. The maximum Gasteiger partial charge on any atom is 0.270 e. The van der Waals surface area contributed by atoms with E-state index in [0.717, 1.165) is 5.69 Å². The summed E-state index contributed by atoms with van der Waals surface area (Å²) >= 11 is 5.92. The van der Waals surface area contributed by atoms with Gasteiger partial charge in [0.05, 0.1) is 0 Å². The van der Waals surface area contributed by atoms with Crippen molar-refractivity contribution in [1.29, 1.82) is 0 Å². The van der Waals surface area contributed by atoms with E-state index >= 15 is 0 Å². The second kappa shape index (κ2) is 6.10. The van der Waals surface area contributed by atoms with Gasteiger partial charge >= 0.3 is 0 Å². The third kappa shape index (κ3) is 4.72. The summed E-state index contributed by atoms with van der Waals surface area (Å²) < 4.78 is 0. The van der Waals surface area contributed by atoms with Crippen LogP contribution in [-0.2, 0) is 0 Å². The van der Waals surface area contributed by atoms with Crippen molar-refractivity contribution in [3.8, 4) is 0 Å².